The second kappa shape index (κ2) is 3.90. The van der Waals surface area contributed by atoms with E-state index in [1.54, 1.807) is 0 Å². The Morgan fingerprint density at radius 3 is 2.75 bits per heavy atom. The predicted molar refractivity (Wildman–Crippen MR) is 46.9 cm³/mol. The van der Waals surface area contributed by atoms with Crippen LogP contribution in [0.5, 0.6) is 0 Å². The highest BCUT2D eigenvalue weighted by molar-refractivity contribution is 5.79. The summed E-state index contributed by atoms with van der Waals surface area (Å²) >= 11 is 0. The predicted octanol–water partition coefficient (Wildman–Crippen LogP) is 1.03. The van der Waals surface area contributed by atoms with Crippen LogP contribution in [0, 0.1) is 0 Å². The van der Waals surface area contributed by atoms with Gasteiger partial charge < -0.3 is 4.74 Å². The van der Waals surface area contributed by atoms with Crippen molar-refractivity contribution in [3.8, 4) is 0 Å². The molecule has 0 amide bonds. The van der Waals surface area contributed by atoms with E-state index in [0.717, 1.165) is 13.0 Å². The van der Waals surface area contributed by atoms with Gasteiger partial charge in [0.05, 0.1) is 7.11 Å². The van der Waals surface area contributed by atoms with Crippen LogP contribution in [0.3, 0.4) is 0 Å². The maximum absolute atomic E-state index is 11.1. The van der Waals surface area contributed by atoms with Crippen molar-refractivity contribution in [1.82, 2.24) is 4.90 Å². The van der Waals surface area contributed by atoms with Gasteiger partial charge in [-0.2, -0.15) is 0 Å². The first-order valence-electron chi connectivity index (χ1n) is 4.56. The van der Waals surface area contributed by atoms with Gasteiger partial charge in [-0.25, -0.2) is 0 Å². The van der Waals surface area contributed by atoms with Gasteiger partial charge in [0.1, 0.15) is 6.04 Å². The van der Waals surface area contributed by atoms with E-state index in [-0.39, 0.29) is 12.0 Å². The lowest BCUT2D eigenvalue weighted by molar-refractivity contribution is -0.140. The van der Waals surface area contributed by atoms with Gasteiger partial charge in [0, 0.05) is 6.04 Å². The molecule has 0 aromatic rings. The smallest absolute Gasteiger partial charge is 0.324 e. The molecule has 3 heteroatoms. The fraction of sp³-hybridized carbons (Fsp3) is 0.889. The minimum Gasteiger partial charge on any atom is -0.468 e. The van der Waals surface area contributed by atoms with Crippen LogP contribution in [0.15, 0.2) is 0 Å². The largest absolute Gasteiger partial charge is 0.468 e. The van der Waals surface area contributed by atoms with Crippen LogP contribution >= 0.6 is 0 Å². The number of unbranched alkanes of at least 4 members (excludes halogenated alkanes) is 1. The van der Waals surface area contributed by atoms with Crippen molar-refractivity contribution in [1.29, 1.82) is 0 Å². The Labute approximate surface area is 73.7 Å². The number of carbonyl (C=O) groups is 1. The maximum atomic E-state index is 11.1. The van der Waals surface area contributed by atoms with E-state index in [1.165, 1.54) is 13.5 Å². The molecule has 0 N–H and O–H groups in total. The maximum Gasteiger partial charge on any atom is 0.324 e. The van der Waals surface area contributed by atoms with Crippen LogP contribution in [0.1, 0.15) is 26.7 Å². The zero-order chi connectivity index (χ0) is 9.14. The summed E-state index contributed by atoms with van der Waals surface area (Å²) in [6, 6.07) is 0.436. The van der Waals surface area contributed by atoms with E-state index >= 15 is 0 Å². The Hall–Kier alpha value is -0.570. The minimum absolute atomic E-state index is 0.0431. The van der Waals surface area contributed by atoms with Gasteiger partial charge in [-0.15, -0.1) is 0 Å². The molecule has 0 bridgehead atoms. The molecule has 0 aliphatic carbocycles. The molecule has 3 nitrogen and oxygen atoms in total. The quantitative estimate of drug-likeness (QED) is 0.467. The molecule has 1 heterocycles. The zero-order valence-electron chi connectivity index (χ0n) is 8.04. The zero-order valence-corrected chi connectivity index (χ0v) is 8.04. The summed E-state index contributed by atoms with van der Waals surface area (Å²) in [7, 11) is 1.45. The number of ether oxygens (including phenoxy) is 1. The fourth-order valence-electron chi connectivity index (χ4n) is 1.55. The third-order valence-corrected chi connectivity index (χ3v) is 2.46. The van der Waals surface area contributed by atoms with E-state index in [1.807, 2.05) is 0 Å². The molecule has 1 fully saturated rings. The van der Waals surface area contributed by atoms with Crippen molar-refractivity contribution in [2.24, 2.45) is 0 Å². The monoisotopic (exact) mass is 171 g/mol. The van der Waals surface area contributed by atoms with E-state index in [9.17, 15) is 4.79 Å². The molecule has 1 rings (SSSR count). The number of hydrogen-bond acceptors (Lipinski definition) is 3. The standard InChI is InChI=1S/C9H17NO2/c1-4-5-6-10-7(2)8(10)9(11)12-3/h7-8H,4-6H2,1-3H3/t7-,8-,10?/m0/s1. The van der Waals surface area contributed by atoms with Gasteiger partial charge in [0.25, 0.3) is 0 Å². The first kappa shape index (κ1) is 9.52. The molecule has 12 heavy (non-hydrogen) atoms. The molecule has 1 unspecified atom stereocenters. The lowest BCUT2D eigenvalue weighted by atomic mass is 10.3. The van der Waals surface area contributed by atoms with Crippen molar-refractivity contribution in [3.63, 3.8) is 0 Å². The molecule has 1 saturated heterocycles. The van der Waals surface area contributed by atoms with Gasteiger partial charge in [0.2, 0.25) is 0 Å². The van der Waals surface area contributed by atoms with Crippen LogP contribution in [0.2, 0.25) is 0 Å². The summed E-state index contributed by atoms with van der Waals surface area (Å²) in [6.45, 7) is 5.25. The number of hydrogen-bond donors (Lipinski definition) is 0. The Morgan fingerprint density at radius 1 is 1.58 bits per heavy atom. The molecule has 0 saturated carbocycles. The van der Waals surface area contributed by atoms with Gasteiger partial charge in [0.15, 0.2) is 0 Å². The highest BCUT2D eigenvalue weighted by Gasteiger charge is 2.49. The van der Waals surface area contributed by atoms with E-state index < -0.39 is 0 Å². The lowest BCUT2D eigenvalue weighted by Crippen LogP contribution is -2.15. The average molecular weight is 171 g/mol. The van der Waals surface area contributed by atoms with Crippen molar-refractivity contribution in [3.05, 3.63) is 0 Å². The SMILES string of the molecule is CCCCN1[C@H](C(=O)OC)[C@@H]1C. The van der Waals surface area contributed by atoms with Crippen LogP contribution in [-0.4, -0.2) is 36.6 Å². The average Bonchev–Trinajstić information content (AvgIpc) is 2.72. The van der Waals surface area contributed by atoms with Crippen molar-refractivity contribution >= 4 is 5.97 Å². The van der Waals surface area contributed by atoms with E-state index in [2.05, 4.69) is 23.5 Å². The molecular formula is C9H17NO2. The normalized spacial score (nSPS) is 33.1. The first-order valence-corrected chi connectivity index (χ1v) is 4.56. The van der Waals surface area contributed by atoms with Crippen LogP contribution < -0.4 is 0 Å². The first-order chi connectivity index (χ1) is 5.72. The molecule has 1 aliphatic heterocycles. The molecule has 0 radical (unpaired) electrons. The Kier molecular flexibility index (Phi) is 3.09. The number of rotatable bonds is 4. The molecular weight excluding hydrogens is 154 g/mol. The second-order valence-corrected chi connectivity index (χ2v) is 3.30. The van der Waals surface area contributed by atoms with E-state index in [0.29, 0.717) is 6.04 Å². The minimum atomic E-state index is -0.0846. The summed E-state index contributed by atoms with van der Waals surface area (Å²) in [6.07, 6.45) is 2.34. The Morgan fingerprint density at radius 2 is 2.25 bits per heavy atom. The number of nitrogens with zero attached hydrogens (tertiary/aromatic N) is 1. The highest BCUT2D eigenvalue weighted by atomic mass is 16.5. The summed E-state index contributed by atoms with van der Waals surface area (Å²) in [4.78, 5) is 13.3. The van der Waals surface area contributed by atoms with Crippen LogP contribution in [0.25, 0.3) is 0 Å². The lowest BCUT2D eigenvalue weighted by Gasteiger charge is -2.00. The molecule has 70 valence electrons. The van der Waals surface area contributed by atoms with Crippen molar-refractivity contribution < 1.29 is 9.53 Å². The molecule has 0 spiro atoms. The van der Waals surface area contributed by atoms with Crippen molar-refractivity contribution in [2.45, 2.75) is 38.8 Å². The van der Waals surface area contributed by atoms with Crippen LogP contribution in [0.4, 0.5) is 0 Å². The molecule has 0 aromatic carbocycles. The number of carbonyl (C=O) groups excluding carboxylic acids is 1. The third-order valence-electron chi connectivity index (χ3n) is 2.46. The van der Waals surface area contributed by atoms with Gasteiger partial charge >= 0.3 is 5.97 Å². The van der Waals surface area contributed by atoms with Crippen molar-refractivity contribution in [2.75, 3.05) is 13.7 Å². The van der Waals surface area contributed by atoms with Gasteiger partial charge in [-0.1, -0.05) is 13.3 Å². The fourth-order valence-corrected chi connectivity index (χ4v) is 1.55. The summed E-state index contributed by atoms with van der Waals surface area (Å²) in [5.41, 5.74) is 0. The molecule has 1 aliphatic rings. The summed E-state index contributed by atoms with van der Waals surface area (Å²) in [5.74, 6) is -0.0846. The Balaban J connectivity index is 2.27. The summed E-state index contributed by atoms with van der Waals surface area (Å²) < 4.78 is 4.67. The third kappa shape index (κ3) is 1.78. The molecule has 3 atom stereocenters. The summed E-state index contributed by atoms with van der Waals surface area (Å²) in [5, 5.41) is 0. The molecule has 0 aromatic heterocycles. The van der Waals surface area contributed by atoms with Gasteiger partial charge in [-0.3, -0.25) is 9.69 Å². The number of esters is 1. The van der Waals surface area contributed by atoms with Gasteiger partial charge in [-0.05, 0) is 19.9 Å². The highest BCUT2D eigenvalue weighted by Crippen LogP contribution is 2.28. The number of methoxy groups -OCH3 is 1. The Bertz CT molecular complexity index is 170. The topological polar surface area (TPSA) is 29.3 Å². The van der Waals surface area contributed by atoms with E-state index in [4.69, 9.17) is 0 Å². The van der Waals surface area contributed by atoms with Crippen LogP contribution in [-0.2, 0) is 9.53 Å². The second-order valence-electron chi connectivity index (χ2n) is 3.30.